The molecule has 15 heavy (non-hydrogen) atoms. The van der Waals surface area contributed by atoms with Gasteiger partial charge in [0.05, 0.1) is 6.54 Å². The fourth-order valence-corrected chi connectivity index (χ4v) is 2.13. The summed E-state index contributed by atoms with van der Waals surface area (Å²) < 4.78 is 15.5. The van der Waals surface area contributed by atoms with Gasteiger partial charge in [0.1, 0.15) is 5.82 Å². The van der Waals surface area contributed by atoms with E-state index in [4.69, 9.17) is 0 Å². The lowest BCUT2D eigenvalue weighted by Crippen LogP contribution is -2.02. The molecule has 1 aromatic carbocycles. The van der Waals surface area contributed by atoms with Crippen LogP contribution in [0.3, 0.4) is 0 Å². The lowest BCUT2D eigenvalue weighted by atomic mass is 10.2. The van der Waals surface area contributed by atoms with Crippen molar-refractivity contribution in [3.05, 3.63) is 45.1 Å². The van der Waals surface area contributed by atoms with Gasteiger partial charge in [-0.1, -0.05) is 12.1 Å². The summed E-state index contributed by atoms with van der Waals surface area (Å²) in [7, 11) is 0. The first-order chi connectivity index (χ1) is 7.15. The summed E-state index contributed by atoms with van der Waals surface area (Å²) in [6.45, 7) is 0.555. The summed E-state index contributed by atoms with van der Waals surface area (Å²) in [4.78, 5) is 4.04. The predicted octanol–water partition coefficient (Wildman–Crippen LogP) is 2.99. The zero-order chi connectivity index (χ0) is 10.8. The second-order valence-electron chi connectivity index (χ2n) is 2.93. The second-order valence-corrected chi connectivity index (χ2v) is 4.35. The third-order valence-corrected chi connectivity index (χ3v) is 2.77. The van der Waals surface area contributed by atoms with Crippen LogP contribution in [0.5, 0.6) is 0 Å². The first-order valence-corrected chi connectivity index (χ1v) is 5.74. The molecule has 2 rings (SSSR count). The van der Waals surface area contributed by atoms with Crippen molar-refractivity contribution in [2.24, 2.45) is 0 Å². The summed E-state index contributed by atoms with van der Waals surface area (Å²) in [5, 5.41) is 4.11. The molecule has 0 N–H and O–H groups in total. The molecule has 0 aliphatic carbocycles. The molecule has 0 atom stereocenters. The molecular formula is C9H6Br2FN3. The largest absolute Gasteiger partial charge is 0.235 e. The van der Waals surface area contributed by atoms with Gasteiger partial charge in [-0.3, -0.25) is 0 Å². The number of halogens is 3. The number of hydrogen-bond acceptors (Lipinski definition) is 2. The average molecular weight is 335 g/mol. The van der Waals surface area contributed by atoms with E-state index in [0.29, 0.717) is 16.0 Å². The van der Waals surface area contributed by atoms with Crippen molar-refractivity contribution in [1.82, 2.24) is 14.8 Å². The second kappa shape index (κ2) is 4.40. The van der Waals surface area contributed by atoms with E-state index in [-0.39, 0.29) is 5.82 Å². The van der Waals surface area contributed by atoms with E-state index in [1.54, 1.807) is 16.8 Å². The smallest absolute Gasteiger partial charge is 0.218 e. The Morgan fingerprint density at radius 2 is 1.87 bits per heavy atom. The van der Waals surface area contributed by atoms with E-state index in [1.165, 1.54) is 12.1 Å². The predicted molar refractivity (Wildman–Crippen MR) is 60.9 cm³/mol. The Hall–Kier alpha value is -0.750. The van der Waals surface area contributed by atoms with Crippen molar-refractivity contribution in [2.45, 2.75) is 6.54 Å². The van der Waals surface area contributed by atoms with Crippen LogP contribution in [0, 0.1) is 5.82 Å². The number of hydrogen-bond donors (Lipinski definition) is 0. The molecule has 78 valence electrons. The Balaban J connectivity index is 2.21. The summed E-state index contributed by atoms with van der Waals surface area (Å²) in [6.07, 6.45) is 0. The average Bonchev–Trinajstić information content (AvgIpc) is 2.49. The van der Waals surface area contributed by atoms with Crippen LogP contribution in [0.2, 0.25) is 0 Å². The van der Waals surface area contributed by atoms with Gasteiger partial charge in [0.15, 0.2) is 4.73 Å². The summed E-state index contributed by atoms with van der Waals surface area (Å²) in [6, 6.07) is 6.29. The van der Waals surface area contributed by atoms with Gasteiger partial charge in [0.2, 0.25) is 4.73 Å². The van der Waals surface area contributed by atoms with Crippen molar-refractivity contribution >= 4 is 31.9 Å². The fourth-order valence-electron chi connectivity index (χ4n) is 1.16. The van der Waals surface area contributed by atoms with Crippen LogP contribution >= 0.6 is 31.9 Å². The van der Waals surface area contributed by atoms with E-state index in [1.807, 2.05) is 0 Å². The Bertz CT molecular complexity index is 467. The first kappa shape index (κ1) is 10.8. The monoisotopic (exact) mass is 333 g/mol. The van der Waals surface area contributed by atoms with E-state index in [2.05, 4.69) is 41.9 Å². The van der Waals surface area contributed by atoms with Gasteiger partial charge in [-0.2, -0.15) is 4.98 Å². The highest BCUT2D eigenvalue weighted by Gasteiger charge is 2.05. The highest BCUT2D eigenvalue weighted by molar-refractivity contribution is 9.11. The van der Waals surface area contributed by atoms with Crippen LogP contribution in [-0.2, 0) is 6.54 Å². The van der Waals surface area contributed by atoms with Crippen molar-refractivity contribution in [3.63, 3.8) is 0 Å². The lowest BCUT2D eigenvalue weighted by Gasteiger charge is -2.01. The standard InChI is InChI=1S/C9H6Br2FN3/c10-8-13-9(11)15(14-8)5-6-1-3-7(12)4-2-6/h1-4H,5H2. The minimum atomic E-state index is -0.238. The molecule has 0 aliphatic rings. The Kier molecular flexibility index (Phi) is 3.16. The number of benzene rings is 1. The molecule has 0 bridgehead atoms. The summed E-state index contributed by atoms with van der Waals surface area (Å²) in [5.74, 6) is -0.238. The van der Waals surface area contributed by atoms with Gasteiger partial charge in [0, 0.05) is 0 Å². The molecule has 6 heteroatoms. The third kappa shape index (κ3) is 2.63. The molecule has 0 aliphatic heterocycles. The Labute approximate surface area is 103 Å². The first-order valence-electron chi connectivity index (χ1n) is 4.15. The quantitative estimate of drug-likeness (QED) is 0.845. The molecule has 1 heterocycles. The molecule has 0 unspecified atom stereocenters. The Morgan fingerprint density at radius 1 is 1.20 bits per heavy atom. The molecule has 0 radical (unpaired) electrons. The highest BCUT2D eigenvalue weighted by atomic mass is 79.9. The minimum Gasteiger partial charge on any atom is -0.235 e. The zero-order valence-electron chi connectivity index (χ0n) is 7.49. The van der Waals surface area contributed by atoms with Crippen LogP contribution < -0.4 is 0 Å². The normalized spacial score (nSPS) is 10.6. The van der Waals surface area contributed by atoms with Gasteiger partial charge in [-0.15, -0.1) is 5.10 Å². The molecule has 1 aromatic heterocycles. The van der Waals surface area contributed by atoms with Crippen molar-refractivity contribution in [2.75, 3.05) is 0 Å². The molecule has 0 spiro atoms. The van der Waals surface area contributed by atoms with E-state index < -0.39 is 0 Å². The van der Waals surface area contributed by atoms with E-state index >= 15 is 0 Å². The van der Waals surface area contributed by atoms with Gasteiger partial charge in [-0.25, -0.2) is 9.07 Å². The maximum absolute atomic E-state index is 12.7. The van der Waals surface area contributed by atoms with Gasteiger partial charge in [0.25, 0.3) is 0 Å². The molecule has 0 amide bonds. The van der Waals surface area contributed by atoms with Gasteiger partial charge < -0.3 is 0 Å². The maximum Gasteiger partial charge on any atom is 0.218 e. The van der Waals surface area contributed by atoms with Crippen LogP contribution in [0.15, 0.2) is 33.7 Å². The van der Waals surface area contributed by atoms with Crippen molar-refractivity contribution in [3.8, 4) is 0 Å². The van der Waals surface area contributed by atoms with Gasteiger partial charge in [-0.05, 0) is 49.6 Å². The van der Waals surface area contributed by atoms with Gasteiger partial charge >= 0.3 is 0 Å². The maximum atomic E-state index is 12.7. The highest BCUT2D eigenvalue weighted by Crippen LogP contribution is 2.13. The Morgan fingerprint density at radius 3 is 2.40 bits per heavy atom. The molecule has 2 aromatic rings. The van der Waals surface area contributed by atoms with Crippen LogP contribution in [0.1, 0.15) is 5.56 Å². The number of nitrogens with zero attached hydrogens (tertiary/aromatic N) is 3. The topological polar surface area (TPSA) is 30.7 Å². The SMILES string of the molecule is Fc1ccc(Cn2nc(Br)nc2Br)cc1. The molecule has 0 saturated heterocycles. The van der Waals surface area contributed by atoms with E-state index in [0.717, 1.165) is 5.56 Å². The summed E-state index contributed by atoms with van der Waals surface area (Å²) in [5.41, 5.74) is 0.967. The third-order valence-electron chi connectivity index (χ3n) is 1.85. The number of aromatic nitrogens is 3. The van der Waals surface area contributed by atoms with Crippen LogP contribution in [-0.4, -0.2) is 14.8 Å². The molecule has 0 fully saturated rings. The minimum absolute atomic E-state index is 0.238. The van der Waals surface area contributed by atoms with Crippen LogP contribution in [0.4, 0.5) is 4.39 Å². The number of rotatable bonds is 2. The van der Waals surface area contributed by atoms with E-state index in [9.17, 15) is 4.39 Å². The summed E-state index contributed by atoms with van der Waals surface area (Å²) >= 11 is 6.45. The molecule has 3 nitrogen and oxygen atoms in total. The van der Waals surface area contributed by atoms with Crippen molar-refractivity contribution in [1.29, 1.82) is 0 Å². The fraction of sp³-hybridized carbons (Fsp3) is 0.111. The lowest BCUT2D eigenvalue weighted by molar-refractivity contribution is 0.623. The van der Waals surface area contributed by atoms with Crippen LogP contribution in [0.25, 0.3) is 0 Å². The van der Waals surface area contributed by atoms with Crippen molar-refractivity contribution < 1.29 is 4.39 Å². The molecule has 0 saturated carbocycles. The zero-order valence-corrected chi connectivity index (χ0v) is 10.7. The molecular weight excluding hydrogens is 329 g/mol.